The minimum absolute atomic E-state index is 0.342. The second-order valence-corrected chi connectivity index (χ2v) is 7.06. The van der Waals surface area contributed by atoms with Crippen molar-refractivity contribution in [1.82, 2.24) is 20.4 Å². The number of amides is 2. The molecule has 0 radical (unpaired) electrons. The molecule has 2 aliphatic rings. The Morgan fingerprint density at radius 2 is 1.97 bits per heavy atom. The maximum Gasteiger partial charge on any atom is 0.338 e. The molecule has 29 heavy (non-hydrogen) atoms. The van der Waals surface area contributed by atoms with Crippen LogP contribution in [-0.4, -0.2) is 75.3 Å². The van der Waals surface area contributed by atoms with Crippen molar-refractivity contribution in [3.63, 3.8) is 0 Å². The Bertz CT molecular complexity index is 800. The highest BCUT2D eigenvalue weighted by Crippen LogP contribution is 2.30. The number of piperazine rings is 1. The van der Waals surface area contributed by atoms with Crippen molar-refractivity contribution in [1.29, 1.82) is 0 Å². The number of rotatable bonds is 7. The number of hydrogen-bond donors (Lipinski definition) is 2. The molecule has 0 aromatic heterocycles. The minimum Gasteiger partial charge on any atom is -0.497 e. The van der Waals surface area contributed by atoms with Gasteiger partial charge in [0.25, 0.3) is 0 Å². The summed E-state index contributed by atoms with van der Waals surface area (Å²) in [6.07, 6.45) is 1.90. The van der Waals surface area contributed by atoms with E-state index in [1.165, 1.54) is 7.11 Å². The van der Waals surface area contributed by atoms with Crippen LogP contribution in [0.2, 0.25) is 0 Å². The van der Waals surface area contributed by atoms with E-state index >= 15 is 0 Å². The Kier molecular flexibility index (Phi) is 6.90. The molecule has 2 heterocycles. The first-order valence-corrected chi connectivity index (χ1v) is 9.64. The lowest BCUT2D eigenvalue weighted by atomic mass is 9.94. The third-order valence-electron chi connectivity index (χ3n) is 5.22. The minimum atomic E-state index is -0.608. The van der Waals surface area contributed by atoms with E-state index in [0.717, 1.165) is 38.3 Å². The molecule has 1 saturated heterocycles. The highest BCUT2D eigenvalue weighted by molar-refractivity contribution is 5.95. The van der Waals surface area contributed by atoms with Crippen LogP contribution in [0.5, 0.6) is 5.75 Å². The van der Waals surface area contributed by atoms with Gasteiger partial charge in [0.2, 0.25) is 0 Å². The topological polar surface area (TPSA) is 83.1 Å². The van der Waals surface area contributed by atoms with E-state index in [1.807, 2.05) is 30.3 Å². The molecule has 0 aliphatic carbocycles. The average molecular weight is 400 g/mol. The van der Waals surface area contributed by atoms with E-state index < -0.39 is 12.0 Å². The van der Waals surface area contributed by atoms with Gasteiger partial charge in [0.1, 0.15) is 5.75 Å². The Hall–Kier alpha value is -2.84. The molecule has 0 bridgehead atoms. The molecular formula is C21H28N4O4. The standard InChI is InChI=1S/C21H28N4O4/c1-4-8-24-9-11-25(12-10-24)14-17-18(20(26)29-3)19(23-21(27)22-17)15-6-5-7-16(13-15)28-2/h4-7,13,19H,1,8-12,14H2,2-3H3,(H2,22,23,27). The Balaban J connectivity index is 1.88. The first-order valence-electron chi connectivity index (χ1n) is 9.64. The molecular weight excluding hydrogens is 372 g/mol. The van der Waals surface area contributed by atoms with Crippen LogP contribution in [0.25, 0.3) is 0 Å². The normalized spacial score (nSPS) is 20.6. The summed E-state index contributed by atoms with van der Waals surface area (Å²) in [5, 5.41) is 5.66. The molecule has 1 aromatic rings. The molecule has 0 spiro atoms. The maximum absolute atomic E-state index is 12.7. The van der Waals surface area contributed by atoms with Gasteiger partial charge in [-0.15, -0.1) is 6.58 Å². The van der Waals surface area contributed by atoms with Gasteiger partial charge in [-0.05, 0) is 17.7 Å². The van der Waals surface area contributed by atoms with E-state index in [9.17, 15) is 9.59 Å². The molecule has 1 unspecified atom stereocenters. The third kappa shape index (κ3) is 4.96. The summed E-state index contributed by atoms with van der Waals surface area (Å²) in [7, 11) is 2.93. The summed E-state index contributed by atoms with van der Waals surface area (Å²) in [6, 6.07) is 6.36. The second kappa shape index (κ2) is 9.58. The molecule has 2 aliphatic heterocycles. The molecule has 2 N–H and O–H groups in total. The SMILES string of the molecule is C=CCN1CCN(CC2=C(C(=O)OC)C(c3cccc(OC)c3)NC(=O)N2)CC1. The lowest BCUT2D eigenvalue weighted by Gasteiger charge is -2.36. The largest absolute Gasteiger partial charge is 0.497 e. The van der Waals surface area contributed by atoms with Gasteiger partial charge in [-0.25, -0.2) is 9.59 Å². The molecule has 1 atom stereocenters. The molecule has 8 heteroatoms. The zero-order chi connectivity index (χ0) is 20.8. The number of ether oxygens (including phenoxy) is 2. The van der Waals surface area contributed by atoms with Gasteiger partial charge in [-0.1, -0.05) is 18.2 Å². The number of esters is 1. The van der Waals surface area contributed by atoms with Crippen molar-refractivity contribution < 1.29 is 19.1 Å². The van der Waals surface area contributed by atoms with Crippen molar-refractivity contribution in [2.45, 2.75) is 6.04 Å². The smallest absolute Gasteiger partial charge is 0.338 e. The first kappa shape index (κ1) is 20.9. The molecule has 1 aromatic carbocycles. The van der Waals surface area contributed by atoms with E-state index in [2.05, 4.69) is 27.0 Å². The maximum atomic E-state index is 12.7. The van der Waals surface area contributed by atoms with Gasteiger partial charge in [-0.2, -0.15) is 0 Å². The van der Waals surface area contributed by atoms with E-state index in [4.69, 9.17) is 9.47 Å². The summed E-state index contributed by atoms with van der Waals surface area (Å²) >= 11 is 0. The average Bonchev–Trinajstić information content (AvgIpc) is 2.74. The quantitative estimate of drug-likeness (QED) is 0.530. The number of urea groups is 1. The molecule has 2 amide bonds. The summed E-state index contributed by atoms with van der Waals surface area (Å²) in [6.45, 7) is 8.64. The van der Waals surface area contributed by atoms with Crippen LogP contribution in [0.15, 0.2) is 48.2 Å². The van der Waals surface area contributed by atoms with Crippen LogP contribution in [0.4, 0.5) is 4.79 Å². The number of benzene rings is 1. The molecule has 156 valence electrons. The van der Waals surface area contributed by atoms with Gasteiger partial charge in [0, 0.05) is 45.0 Å². The number of carbonyl (C=O) groups excluding carboxylic acids is 2. The summed E-state index contributed by atoms with van der Waals surface area (Å²) < 4.78 is 10.3. The Morgan fingerprint density at radius 1 is 1.24 bits per heavy atom. The Morgan fingerprint density at radius 3 is 2.62 bits per heavy atom. The van der Waals surface area contributed by atoms with E-state index in [0.29, 0.717) is 23.6 Å². The molecule has 3 rings (SSSR count). The fourth-order valence-corrected chi connectivity index (χ4v) is 3.70. The number of hydrogen-bond acceptors (Lipinski definition) is 6. The van der Waals surface area contributed by atoms with Gasteiger partial charge in [0.05, 0.1) is 25.8 Å². The van der Waals surface area contributed by atoms with Crippen LogP contribution in [0, 0.1) is 0 Å². The predicted octanol–water partition coefficient (Wildman–Crippen LogP) is 1.28. The van der Waals surface area contributed by atoms with Gasteiger partial charge in [0.15, 0.2) is 0 Å². The summed E-state index contributed by atoms with van der Waals surface area (Å²) in [5.74, 6) is 0.185. The van der Waals surface area contributed by atoms with Crippen LogP contribution in [0.3, 0.4) is 0 Å². The highest BCUT2D eigenvalue weighted by Gasteiger charge is 2.34. The van der Waals surface area contributed by atoms with Gasteiger partial charge >= 0.3 is 12.0 Å². The van der Waals surface area contributed by atoms with Crippen LogP contribution in [0.1, 0.15) is 11.6 Å². The van der Waals surface area contributed by atoms with Crippen LogP contribution >= 0.6 is 0 Å². The van der Waals surface area contributed by atoms with Crippen molar-refractivity contribution in [3.8, 4) is 5.75 Å². The molecule has 8 nitrogen and oxygen atoms in total. The number of carbonyl (C=O) groups is 2. The number of nitrogens with zero attached hydrogens (tertiary/aromatic N) is 2. The molecule has 0 saturated carbocycles. The van der Waals surface area contributed by atoms with Crippen molar-refractivity contribution in [3.05, 3.63) is 53.8 Å². The van der Waals surface area contributed by atoms with Gasteiger partial charge < -0.3 is 20.1 Å². The van der Waals surface area contributed by atoms with Crippen molar-refractivity contribution in [2.75, 3.05) is 53.5 Å². The fourth-order valence-electron chi connectivity index (χ4n) is 3.70. The zero-order valence-corrected chi connectivity index (χ0v) is 16.9. The zero-order valence-electron chi connectivity index (χ0n) is 16.9. The van der Waals surface area contributed by atoms with E-state index in [-0.39, 0.29) is 6.03 Å². The van der Waals surface area contributed by atoms with Crippen molar-refractivity contribution in [2.24, 2.45) is 0 Å². The van der Waals surface area contributed by atoms with Gasteiger partial charge in [-0.3, -0.25) is 9.80 Å². The molecule has 1 fully saturated rings. The van der Waals surface area contributed by atoms with E-state index in [1.54, 1.807) is 7.11 Å². The Labute approximate surface area is 171 Å². The monoisotopic (exact) mass is 400 g/mol. The van der Waals surface area contributed by atoms with Crippen LogP contribution in [-0.2, 0) is 9.53 Å². The van der Waals surface area contributed by atoms with Crippen LogP contribution < -0.4 is 15.4 Å². The predicted molar refractivity (Wildman–Crippen MR) is 110 cm³/mol. The summed E-state index contributed by atoms with van der Waals surface area (Å²) in [4.78, 5) is 29.6. The highest BCUT2D eigenvalue weighted by atomic mass is 16.5. The summed E-state index contributed by atoms with van der Waals surface area (Å²) in [5.41, 5.74) is 1.74. The number of methoxy groups -OCH3 is 2. The second-order valence-electron chi connectivity index (χ2n) is 7.06. The number of nitrogens with one attached hydrogen (secondary N) is 2. The lowest BCUT2D eigenvalue weighted by Crippen LogP contribution is -2.51. The fraction of sp³-hybridized carbons (Fsp3) is 0.429. The van der Waals surface area contributed by atoms with Crippen molar-refractivity contribution >= 4 is 12.0 Å². The lowest BCUT2D eigenvalue weighted by molar-refractivity contribution is -0.136. The third-order valence-corrected chi connectivity index (χ3v) is 5.22. The first-order chi connectivity index (χ1) is 14.0.